The van der Waals surface area contributed by atoms with Gasteiger partial charge in [0.15, 0.2) is 5.11 Å². The van der Waals surface area contributed by atoms with Crippen molar-refractivity contribution in [1.82, 2.24) is 20.4 Å². The molecule has 0 saturated carbocycles. The predicted molar refractivity (Wildman–Crippen MR) is 75.0 cm³/mol. The fourth-order valence-electron chi connectivity index (χ4n) is 1.64. The van der Waals surface area contributed by atoms with Crippen molar-refractivity contribution in [1.29, 1.82) is 0 Å². The number of rotatable bonds is 5. The minimum Gasteiger partial charge on any atom is -0.363 e. The third-order valence-electron chi connectivity index (χ3n) is 2.90. The van der Waals surface area contributed by atoms with Crippen LogP contribution in [0.25, 0.3) is 0 Å². The van der Waals surface area contributed by atoms with Gasteiger partial charge in [-0.3, -0.25) is 4.68 Å². The third kappa shape index (κ3) is 4.00. The second-order valence-electron chi connectivity index (χ2n) is 4.28. The van der Waals surface area contributed by atoms with Crippen LogP contribution in [-0.2, 0) is 7.05 Å². The summed E-state index contributed by atoms with van der Waals surface area (Å²) in [5.74, 6) is 0. The molecule has 0 aromatic carbocycles. The van der Waals surface area contributed by atoms with E-state index in [2.05, 4.69) is 36.5 Å². The van der Waals surface area contributed by atoms with E-state index < -0.39 is 0 Å². The maximum Gasteiger partial charge on any atom is 0.166 e. The maximum atomic E-state index is 5.24. The lowest BCUT2D eigenvalue weighted by Gasteiger charge is -2.16. The molecule has 0 fully saturated rings. The van der Waals surface area contributed by atoms with Gasteiger partial charge in [0.2, 0.25) is 0 Å². The molecule has 1 heterocycles. The van der Waals surface area contributed by atoms with Crippen LogP contribution in [0.5, 0.6) is 0 Å². The van der Waals surface area contributed by atoms with E-state index in [1.807, 2.05) is 17.9 Å². The summed E-state index contributed by atoms with van der Waals surface area (Å²) in [6, 6.07) is 0.185. The van der Waals surface area contributed by atoms with Gasteiger partial charge in [-0.1, -0.05) is 13.3 Å². The Morgan fingerprint density at radius 3 is 2.82 bits per heavy atom. The van der Waals surface area contributed by atoms with E-state index in [-0.39, 0.29) is 6.04 Å². The van der Waals surface area contributed by atoms with E-state index in [1.165, 1.54) is 17.7 Å². The minimum absolute atomic E-state index is 0.185. The Morgan fingerprint density at radius 2 is 2.29 bits per heavy atom. The normalized spacial score (nSPS) is 12.2. The van der Waals surface area contributed by atoms with E-state index in [4.69, 9.17) is 12.2 Å². The van der Waals surface area contributed by atoms with Crippen molar-refractivity contribution in [2.75, 3.05) is 6.54 Å². The van der Waals surface area contributed by atoms with Crippen LogP contribution in [0.4, 0.5) is 0 Å². The predicted octanol–water partition coefficient (Wildman–Crippen LogP) is 2.05. The van der Waals surface area contributed by atoms with Crippen LogP contribution in [0.1, 0.15) is 44.0 Å². The van der Waals surface area contributed by atoms with E-state index in [1.54, 1.807) is 0 Å². The smallest absolute Gasteiger partial charge is 0.166 e. The van der Waals surface area contributed by atoms with E-state index in [0.29, 0.717) is 5.11 Å². The second-order valence-corrected chi connectivity index (χ2v) is 4.69. The molecule has 0 bridgehead atoms. The Balaban J connectivity index is 2.46. The SMILES string of the molecule is CCCCNC(=S)NC(C)c1cnn(C)c1C. The molecule has 0 radical (unpaired) electrons. The number of unbranched alkanes of at least 4 members (excludes halogenated alkanes) is 1. The summed E-state index contributed by atoms with van der Waals surface area (Å²) < 4.78 is 1.88. The Hall–Kier alpha value is -1.10. The molecule has 2 N–H and O–H groups in total. The number of nitrogens with one attached hydrogen (secondary N) is 2. The fourth-order valence-corrected chi connectivity index (χ4v) is 1.92. The standard InChI is InChI=1S/C12H22N4S/c1-5-6-7-13-12(17)15-9(2)11-8-14-16(4)10(11)3/h8-9H,5-7H2,1-4H3,(H2,13,15,17). The summed E-state index contributed by atoms with van der Waals surface area (Å²) in [4.78, 5) is 0. The first-order valence-corrected chi connectivity index (χ1v) is 6.50. The highest BCUT2D eigenvalue weighted by atomic mass is 32.1. The molecule has 4 nitrogen and oxygen atoms in total. The van der Waals surface area contributed by atoms with Gasteiger partial charge in [-0.2, -0.15) is 5.10 Å². The monoisotopic (exact) mass is 254 g/mol. The molecule has 0 spiro atoms. The number of aromatic nitrogens is 2. The average Bonchev–Trinajstić information content (AvgIpc) is 2.60. The number of hydrogen-bond acceptors (Lipinski definition) is 2. The highest BCUT2D eigenvalue weighted by molar-refractivity contribution is 7.80. The van der Waals surface area contributed by atoms with Crippen molar-refractivity contribution in [3.05, 3.63) is 17.5 Å². The lowest BCUT2D eigenvalue weighted by molar-refractivity contribution is 0.674. The average molecular weight is 254 g/mol. The molecule has 5 heteroatoms. The lowest BCUT2D eigenvalue weighted by Crippen LogP contribution is -2.37. The number of hydrogen-bond donors (Lipinski definition) is 2. The first kappa shape index (κ1) is 14.0. The fraction of sp³-hybridized carbons (Fsp3) is 0.667. The zero-order valence-electron chi connectivity index (χ0n) is 11.1. The van der Waals surface area contributed by atoms with Gasteiger partial charge in [0, 0.05) is 24.8 Å². The van der Waals surface area contributed by atoms with Crippen molar-refractivity contribution in [3.8, 4) is 0 Å². The topological polar surface area (TPSA) is 41.9 Å². The molecular formula is C12H22N4S. The second kappa shape index (κ2) is 6.59. The molecule has 1 aromatic heterocycles. The third-order valence-corrected chi connectivity index (χ3v) is 3.17. The molecule has 0 aliphatic carbocycles. The van der Waals surface area contributed by atoms with Gasteiger partial charge in [-0.25, -0.2) is 0 Å². The minimum atomic E-state index is 0.185. The van der Waals surface area contributed by atoms with Gasteiger partial charge in [0.1, 0.15) is 0 Å². The maximum absolute atomic E-state index is 5.24. The van der Waals surface area contributed by atoms with Crippen molar-refractivity contribution in [3.63, 3.8) is 0 Å². The van der Waals surface area contributed by atoms with E-state index in [0.717, 1.165) is 13.0 Å². The molecule has 17 heavy (non-hydrogen) atoms. The molecule has 0 saturated heterocycles. The van der Waals surface area contributed by atoms with Crippen LogP contribution in [-0.4, -0.2) is 21.4 Å². The quantitative estimate of drug-likeness (QED) is 0.623. The summed E-state index contributed by atoms with van der Waals surface area (Å²) in [5.41, 5.74) is 2.36. The zero-order valence-corrected chi connectivity index (χ0v) is 11.9. The van der Waals surface area contributed by atoms with E-state index >= 15 is 0 Å². The van der Waals surface area contributed by atoms with Gasteiger partial charge < -0.3 is 10.6 Å². The number of nitrogens with zero attached hydrogens (tertiary/aromatic N) is 2. The van der Waals surface area contributed by atoms with Crippen LogP contribution < -0.4 is 10.6 Å². The molecule has 0 aliphatic rings. The first-order chi connectivity index (χ1) is 8.06. The van der Waals surface area contributed by atoms with E-state index in [9.17, 15) is 0 Å². The Kier molecular flexibility index (Phi) is 5.41. The van der Waals surface area contributed by atoms with Crippen LogP contribution in [0, 0.1) is 6.92 Å². The highest BCUT2D eigenvalue weighted by Crippen LogP contribution is 2.15. The Morgan fingerprint density at radius 1 is 1.59 bits per heavy atom. The molecule has 0 aliphatic heterocycles. The first-order valence-electron chi connectivity index (χ1n) is 6.09. The summed E-state index contributed by atoms with van der Waals surface area (Å²) in [6.07, 6.45) is 4.21. The molecule has 96 valence electrons. The van der Waals surface area contributed by atoms with Crippen LogP contribution >= 0.6 is 12.2 Å². The van der Waals surface area contributed by atoms with Gasteiger partial charge in [-0.15, -0.1) is 0 Å². The highest BCUT2D eigenvalue weighted by Gasteiger charge is 2.12. The summed E-state index contributed by atoms with van der Waals surface area (Å²) >= 11 is 5.24. The van der Waals surface area contributed by atoms with Crippen molar-refractivity contribution in [2.24, 2.45) is 7.05 Å². The van der Waals surface area contributed by atoms with Gasteiger partial charge in [0.25, 0.3) is 0 Å². The van der Waals surface area contributed by atoms with Crippen molar-refractivity contribution < 1.29 is 0 Å². The van der Waals surface area contributed by atoms with Crippen LogP contribution in [0.15, 0.2) is 6.20 Å². The van der Waals surface area contributed by atoms with Crippen molar-refractivity contribution >= 4 is 17.3 Å². The molecular weight excluding hydrogens is 232 g/mol. The Labute approximate surface area is 109 Å². The van der Waals surface area contributed by atoms with Gasteiger partial charge in [-0.05, 0) is 32.5 Å². The van der Waals surface area contributed by atoms with Crippen LogP contribution in [0.2, 0.25) is 0 Å². The zero-order chi connectivity index (χ0) is 12.8. The molecule has 1 unspecified atom stereocenters. The summed E-state index contributed by atoms with van der Waals surface area (Å²) in [6.45, 7) is 7.26. The van der Waals surface area contributed by atoms with Crippen molar-refractivity contribution in [2.45, 2.75) is 39.7 Å². The lowest BCUT2D eigenvalue weighted by atomic mass is 10.1. The molecule has 0 amide bonds. The molecule has 1 rings (SSSR count). The van der Waals surface area contributed by atoms with Gasteiger partial charge in [0.05, 0.1) is 12.2 Å². The molecule has 1 atom stereocenters. The van der Waals surface area contributed by atoms with Crippen LogP contribution in [0.3, 0.4) is 0 Å². The summed E-state index contributed by atoms with van der Waals surface area (Å²) in [5, 5.41) is 11.4. The van der Waals surface area contributed by atoms with Gasteiger partial charge >= 0.3 is 0 Å². The Bertz CT molecular complexity index is 373. The largest absolute Gasteiger partial charge is 0.363 e. The molecule has 1 aromatic rings. The number of thiocarbonyl (C=S) groups is 1. The number of aryl methyl sites for hydroxylation is 1. The summed E-state index contributed by atoms with van der Waals surface area (Å²) in [7, 11) is 1.95.